The summed E-state index contributed by atoms with van der Waals surface area (Å²) in [5.41, 5.74) is 1.10. The van der Waals surface area contributed by atoms with Crippen LogP contribution in [0, 0.1) is 10.1 Å². The molecule has 0 radical (unpaired) electrons. The Balaban J connectivity index is 0.00000300. The number of nitrogens with one attached hydrogen (secondary N) is 2. The first kappa shape index (κ1) is 23.9. The van der Waals surface area contributed by atoms with E-state index >= 15 is 0 Å². The molecule has 1 aliphatic heterocycles. The number of non-ortho nitro benzene ring substituents is 1. The summed E-state index contributed by atoms with van der Waals surface area (Å²) < 4.78 is 0. The van der Waals surface area contributed by atoms with Gasteiger partial charge in [-0.05, 0) is 45.1 Å². The molecule has 7 nitrogen and oxygen atoms in total. The van der Waals surface area contributed by atoms with E-state index in [1.807, 2.05) is 0 Å². The van der Waals surface area contributed by atoms with Gasteiger partial charge in [0.1, 0.15) is 0 Å². The molecule has 0 amide bonds. The molecule has 0 aromatic heterocycles. The highest BCUT2D eigenvalue weighted by molar-refractivity contribution is 14.0. The Kier molecular flexibility index (Phi) is 9.61. The highest BCUT2D eigenvalue weighted by Crippen LogP contribution is 2.18. The molecule has 3 rings (SSSR count). The third-order valence-corrected chi connectivity index (χ3v) is 5.86. The van der Waals surface area contributed by atoms with Gasteiger partial charge >= 0.3 is 0 Å². The van der Waals surface area contributed by atoms with E-state index in [1.54, 1.807) is 24.3 Å². The second-order valence-electron chi connectivity index (χ2n) is 8.26. The van der Waals surface area contributed by atoms with E-state index in [-0.39, 0.29) is 34.6 Å². The fourth-order valence-corrected chi connectivity index (χ4v) is 4.04. The maximum absolute atomic E-state index is 10.8. The number of hydrogen-bond donors (Lipinski definition) is 2. The number of hydrogen-bond acceptors (Lipinski definition) is 4. The smallest absolute Gasteiger partial charge is 0.269 e. The van der Waals surface area contributed by atoms with E-state index in [0.29, 0.717) is 24.7 Å². The molecule has 1 aromatic carbocycles. The fraction of sp³-hybridized carbons (Fsp3) is 0.667. The van der Waals surface area contributed by atoms with Crippen molar-refractivity contribution in [2.75, 3.05) is 13.1 Å². The van der Waals surface area contributed by atoms with Crippen molar-refractivity contribution in [1.29, 1.82) is 0 Å². The standard InChI is InChI=1S/C21H33N5O2.HI/c1-16(2)25-13-11-19(12-14-25)24-21(23-18-5-3-4-6-18)22-15-17-7-9-20(10-8-17)26(27)28;/h7-10,16,18-19H,3-6,11-15H2,1-2H3,(H2,22,23,24);1H. The van der Waals surface area contributed by atoms with Crippen LogP contribution in [-0.4, -0.2) is 47.0 Å². The summed E-state index contributed by atoms with van der Waals surface area (Å²) in [5, 5.41) is 18.1. The maximum Gasteiger partial charge on any atom is 0.269 e. The minimum Gasteiger partial charge on any atom is -0.354 e. The van der Waals surface area contributed by atoms with E-state index in [4.69, 9.17) is 4.99 Å². The number of rotatable bonds is 6. The Bertz CT molecular complexity index is 666. The lowest BCUT2D eigenvalue weighted by atomic mass is 10.0. The summed E-state index contributed by atoms with van der Waals surface area (Å²) in [7, 11) is 0. The monoisotopic (exact) mass is 515 g/mol. The van der Waals surface area contributed by atoms with Crippen LogP contribution in [0.3, 0.4) is 0 Å². The molecule has 8 heteroatoms. The predicted molar refractivity (Wildman–Crippen MR) is 128 cm³/mol. The molecular weight excluding hydrogens is 481 g/mol. The van der Waals surface area contributed by atoms with Crippen molar-refractivity contribution in [3.63, 3.8) is 0 Å². The number of nitrogens with zero attached hydrogens (tertiary/aromatic N) is 3. The zero-order chi connectivity index (χ0) is 19.9. The second kappa shape index (κ2) is 11.7. The lowest BCUT2D eigenvalue weighted by molar-refractivity contribution is -0.384. The Hall–Kier alpha value is -1.42. The van der Waals surface area contributed by atoms with Gasteiger partial charge in [-0.15, -0.1) is 24.0 Å². The van der Waals surface area contributed by atoms with Crippen molar-refractivity contribution in [3.05, 3.63) is 39.9 Å². The van der Waals surface area contributed by atoms with Gasteiger partial charge in [0, 0.05) is 43.3 Å². The average molecular weight is 515 g/mol. The van der Waals surface area contributed by atoms with Gasteiger partial charge in [-0.3, -0.25) is 10.1 Å². The van der Waals surface area contributed by atoms with Gasteiger partial charge in [0.2, 0.25) is 0 Å². The van der Waals surface area contributed by atoms with E-state index < -0.39 is 0 Å². The van der Waals surface area contributed by atoms with Crippen LogP contribution in [0.1, 0.15) is 57.9 Å². The zero-order valence-electron chi connectivity index (χ0n) is 17.5. The third kappa shape index (κ3) is 7.40. The summed E-state index contributed by atoms with van der Waals surface area (Å²) in [6, 6.07) is 8.21. The molecule has 0 unspecified atom stereocenters. The molecule has 1 saturated carbocycles. The number of benzene rings is 1. The zero-order valence-corrected chi connectivity index (χ0v) is 19.8. The summed E-state index contributed by atoms with van der Waals surface area (Å²) >= 11 is 0. The topological polar surface area (TPSA) is 82.8 Å². The van der Waals surface area contributed by atoms with Crippen molar-refractivity contribution in [3.8, 4) is 0 Å². The van der Waals surface area contributed by atoms with Crippen LogP contribution in [0.5, 0.6) is 0 Å². The van der Waals surface area contributed by atoms with E-state index in [2.05, 4.69) is 29.4 Å². The van der Waals surface area contributed by atoms with Crippen LogP contribution in [-0.2, 0) is 6.54 Å². The van der Waals surface area contributed by atoms with Crippen LogP contribution in [0.4, 0.5) is 5.69 Å². The quantitative estimate of drug-likeness (QED) is 0.196. The fourth-order valence-electron chi connectivity index (χ4n) is 4.04. The Morgan fingerprint density at radius 2 is 1.66 bits per heavy atom. The Morgan fingerprint density at radius 1 is 1.10 bits per heavy atom. The van der Waals surface area contributed by atoms with Crippen LogP contribution >= 0.6 is 24.0 Å². The van der Waals surface area contributed by atoms with Crippen molar-refractivity contribution in [1.82, 2.24) is 15.5 Å². The first-order valence-electron chi connectivity index (χ1n) is 10.6. The number of nitro groups is 1. The van der Waals surface area contributed by atoms with Crippen molar-refractivity contribution < 1.29 is 4.92 Å². The first-order chi connectivity index (χ1) is 13.5. The number of likely N-dealkylation sites (tertiary alicyclic amines) is 1. The molecule has 2 fully saturated rings. The molecule has 162 valence electrons. The number of piperidine rings is 1. The van der Waals surface area contributed by atoms with Gasteiger partial charge in [-0.1, -0.05) is 25.0 Å². The Labute approximate surface area is 190 Å². The molecule has 2 N–H and O–H groups in total. The highest BCUT2D eigenvalue weighted by atomic mass is 127. The molecule has 2 aliphatic rings. The van der Waals surface area contributed by atoms with Crippen LogP contribution < -0.4 is 10.6 Å². The first-order valence-corrected chi connectivity index (χ1v) is 10.6. The number of aliphatic imine (C=N–C) groups is 1. The minimum absolute atomic E-state index is 0. The van der Waals surface area contributed by atoms with E-state index in [0.717, 1.165) is 37.5 Å². The van der Waals surface area contributed by atoms with Gasteiger partial charge in [0.05, 0.1) is 11.5 Å². The predicted octanol–water partition coefficient (Wildman–Crippen LogP) is 4.06. The number of guanidine groups is 1. The lowest BCUT2D eigenvalue weighted by Gasteiger charge is -2.35. The van der Waals surface area contributed by atoms with Gasteiger partial charge in [0.25, 0.3) is 5.69 Å². The molecular formula is C21H34IN5O2. The number of nitro benzene ring substituents is 1. The molecule has 1 aromatic rings. The van der Waals surface area contributed by atoms with Crippen molar-refractivity contribution in [2.45, 2.75) is 77.0 Å². The van der Waals surface area contributed by atoms with Gasteiger partial charge < -0.3 is 15.5 Å². The summed E-state index contributed by atoms with van der Waals surface area (Å²) in [5.74, 6) is 0.883. The lowest BCUT2D eigenvalue weighted by Crippen LogP contribution is -2.51. The summed E-state index contributed by atoms with van der Waals surface area (Å²) in [4.78, 5) is 17.8. The Morgan fingerprint density at radius 3 is 2.17 bits per heavy atom. The van der Waals surface area contributed by atoms with E-state index in [1.165, 1.54) is 25.7 Å². The van der Waals surface area contributed by atoms with Crippen LogP contribution in [0.25, 0.3) is 0 Å². The summed E-state index contributed by atoms with van der Waals surface area (Å²) in [6.45, 7) is 7.27. The highest BCUT2D eigenvalue weighted by Gasteiger charge is 2.23. The second-order valence-corrected chi connectivity index (χ2v) is 8.26. The SMILES string of the molecule is CC(C)N1CCC(NC(=NCc2ccc([N+](=O)[O-])cc2)NC2CCCC2)CC1.I. The van der Waals surface area contributed by atoms with Gasteiger partial charge in [0.15, 0.2) is 5.96 Å². The summed E-state index contributed by atoms with van der Waals surface area (Å²) in [6.07, 6.45) is 7.20. The molecule has 1 saturated heterocycles. The van der Waals surface area contributed by atoms with Crippen LogP contribution in [0.15, 0.2) is 29.3 Å². The van der Waals surface area contributed by atoms with Crippen molar-refractivity contribution >= 4 is 35.6 Å². The normalized spacial score (nSPS) is 19.2. The van der Waals surface area contributed by atoms with Crippen LogP contribution in [0.2, 0.25) is 0 Å². The molecule has 0 spiro atoms. The van der Waals surface area contributed by atoms with Gasteiger partial charge in [-0.25, -0.2) is 4.99 Å². The van der Waals surface area contributed by atoms with Crippen molar-refractivity contribution in [2.24, 2.45) is 4.99 Å². The number of halogens is 1. The maximum atomic E-state index is 10.8. The van der Waals surface area contributed by atoms with Gasteiger partial charge in [-0.2, -0.15) is 0 Å². The average Bonchev–Trinajstić information content (AvgIpc) is 3.20. The largest absolute Gasteiger partial charge is 0.354 e. The van der Waals surface area contributed by atoms with E-state index in [9.17, 15) is 10.1 Å². The molecule has 1 aliphatic carbocycles. The molecule has 1 heterocycles. The minimum atomic E-state index is -0.370. The third-order valence-electron chi connectivity index (χ3n) is 5.86. The molecule has 0 bridgehead atoms. The molecule has 0 atom stereocenters. The molecule has 29 heavy (non-hydrogen) atoms.